The van der Waals surface area contributed by atoms with Crippen molar-refractivity contribution >= 4 is 16.9 Å². The van der Waals surface area contributed by atoms with E-state index in [1.807, 2.05) is 28.8 Å². The Hall–Kier alpha value is -2.70. The van der Waals surface area contributed by atoms with Crippen LogP contribution >= 0.6 is 0 Å². The molecule has 0 bridgehead atoms. The van der Waals surface area contributed by atoms with Gasteiger partial charge >= 0.3 is 0 Å². The van der Waals surface area contributed by atoms with E-state index in [0.717, 1.165) is 49.9 Å². The summed E-state index contributed by atoms with van der Waals surface area (Å²) in [5, 5.41) is 12.9. The molecule has 3 aromatic rings. The number of imidazole rings is 1. The van der Waals surface area contributed by atoms with Crippen LogP contribution in [0.4, 0.5) is 0 Å². The van der Waals surface area contributed by atoms with Gasteiger partial charge < -0.3 is 15.0 Å². The molecular formula is C27H36N4O2. The first kappa shape index (κ1) is 23.5. The van der Waals surface area contributed by atoms with Gasteiger partial charge in [-0.15, -0.1) is 0 Å². The van der Waals surface area contributed by atoms with Gasteiger partial charge in [0, 0.05) is 32.1 Å². The monoisotopic (exact) mass is 448 g/mol. The van der Waals surface area contributed by atoms with Gasteiger partial charge in [0.1, 0.15) is 12.4 Å². The number of amides is 1. The Morgan fingerprint density at radius 3 is 2.67 bits per heavy atom. The average Bonchev–Trinajstić information content (AvgIpc) is 3.17. The summed E-state index contributed by atoms with van der Waals surface area (Å²) in [7, 11) is 0. The molecule has 33 heavy (non-hydrogen) atoms. The van der Waals surface area contributed by atoms with E-state index in [0.29, 0.717) is 24.7 Å². The number of aliphatic hydroxyl groups is 1. The van der Waals surface area contributed by atoms with Gasteiger partial charge in [-0.1, -0.05) is 50.2 Å². The number of nitrogens with one attached hydrogen (secondary N) is 1. The fraction of sp³-hybridized carbons (Fsp3) is 0.481. The van der Waals surface area contributed by atoms with Crippen LogP contribution in [0.2, 0.25) is 0 Å². The van der Waals surface area contributed by atoms with Gasteiger partial charge in [-0.2, -0.15) is 0 Å². The van der Waals surface area contributed by atoms with Crippen LogP contribution in [0.5, 0.6) is 0 Å². The van der Waals surface area contributed by atoms with E-state index in [4.69, 9.17) is 0 Å². The molecule has 1 aliphatic heterocycles. The zero-order valence-corrected chi connectivity index (χ0v) is 19.8. The van der Waals surface area contributed by atoms with E-state index in [1.54, 1.807) is 0 Å². The van der Waals surface area contributed by atoms with Gasteiger partial charge in [0.15, 0.2) is 0 Å². The molecule has 0 spiro atoms. The maximum absolute atomic E-state index is 12.7. The number of nitrogens with zero attached hydrogens (tertiary/aromatic N) is 3. The van der Waals surface area contributed by atoms with Gasteiger partial charge in [-0.25, -0.2) is 4.98 Å². The number of likely N-dealkylation sites (tertiary alicyclic amines) is 1. The Morgan fingerprint density at radius 2 is 1.91 bits per heavy atom. The summed E-state index contributed by atoms with van der Waals surface area (Å²) in [5.74, 6) is 1.33. The first-order chi connectivity index (χ1) is 16.0. The van der Waals surface area contributed by atoms with Crippen LogP contribution in [0.3, 0.4) is 0 Å². The zero-order valence-electron chi connectivity index (χ0n) is 19.8. The number of hydrogen-bond acceptors (Lipinski definition) is 4. The lowest BCUT2D eigenvalue weighted by molar-refractivity contribution is -0.122. The fourth-order valence-corrected chi connectivity index (χ4v) is 4.84. The molecule has 2 aromatic carbocycles. The fourth-order valence-electron chi connectivity index (χ4n) is 4.84. The molecule has 176 valence electrons. The lowest BCUT2D eigenvalue weighted by atomic mass is 10.0. The predicted molar refractivity (Wildman–Crippen MR) is 132 cm³/mol. The molecule has 1 fully saturated rings. The van der Waals surface area contributed by atoms with Gasteiger partial charge in [0.2, 0.25) is 5.91 Å². The number of aryl methyl sites for hydroxylation is 1. The van der Waals surface area contributed by atoms with E-state index in [9.17, 15) is 9.90 Å². The van der Waals surface area contributed by atoms with E-state index >= 15 is 0 Å². The number of benzene rings is 2. The van der Waals surface area contributed by atoms with E-state index in [2.05, 4.69) is 53.3 Å². The van der Waals surface area contributed by atoms with Gasteiger partial charge in [0.05, 0.1) is 11.0 Å². The molecule has 0 saturated carbocycles. The maximum Gasteiger partial charge on any atom is 0.222 e. The third-order valence-corrected chi connectivity index (χ3v) is 6.38. The van der Waals surface area contributed by atoms with Crippen molar-refractivity contribution in [2.24, 2.45) is 5.92 Å². The summed E-state index contributed by atoms with van der Waals surface area (Å²) in [4.78, 5) is 19.6. The van der Waals surface area contributed by atoms with Gasteiger partial charge in [-0.3, -0.25) is 9.69 Å². The van der Waals surface area contributed by atoms with Crippen molar-refractivity contribution in [3.05, 3.63) is 65.5 Å². The van der Waals surface area contributed by atoms with Crippen molar-refractivity contribution in [3.63, 3.8) is 0 Å². The summed E-state index contributed by atoms with van der Waals surface area (Å²) >= 11 is 0. The predicted octanol–water partition coefficient (Wildman–Crippen LogP) is 3.90. The lowest BCUT2D eigenvalue weighted by Gasteiger charge is -2.33. The lowest BCUT2D eigenvalue weighted by Crippen LogP contribution is -2.47. The number of rotatable bonds is 9. The Kier molecular flexibility index (Phi) is 7.78. The summed E-state index contributed by atoms with van der Waals surface area (Å²) < 4.78 is 1.95. The highest BCUT2D eigenvalue weighted by Gasteiger charge is 2.22. The van der Waals surface area contributed by atoms with Gasteiger partial charge in [0.25, 0.3) is 0 Å². The van der Waals surface area contributed by atoms with Crippen molar-refractivity contribution in [2.75, 3.05) is 13.1 Å². The Labute approximate surface area is 196 Å². The number of fused-ring (bicyclic) bond motifs is 1. The molecule has 1 saturated heterocycles. The molecule has 2 N–H and O–H groups in total. The van der Waals surface area contributed by atoms with Crippen LogP contribution in [-0.4, -0.2) is 44.6 Å². The van der Waals surface area contributed by atoms with Crippen molar-refractivity contribution < 1.29 is 9.90 Å². The molecule has 6 heteroatoms. The molecule has 2 heterocycles. The highest BCUT2D eigenvalue weighted by Crippen LogP contribution is 2.18. The number of piperidine rings is 1. The molecule has 1 atom stereocenters. The smallest absolute Gasteiger partial charge is 0.222 e. The number of aromatic nitrogens is 2. The van der Waals surface area contributed by atoms with Crippen LogP contribution in [0.15, 0.2) is 48.5 Å². The number of aliphatic hydroxyl groups excluding tert-OH is 1. The number of hydrogen-bond donors (Lipinski definition) is 2. The van der Waals surface area contributed by atoms with Crippen LogP contribution in [-0.2, 0) is 30.9 Å². The van der Waals surface area contributed by atoms with Crippen molar-refractivity contribution in [1.82, 2.24) is 19.8 Å². The second kappa shape index (κ2) is 10.9. The summed E-state index contributed by atoms with van der Waals surface area (Å²) in [6, 6.07) is 17.0. The van der Waals surface area contributed by atoms with Crippen molar-refractivity contribution in [1.29, 1.82) is 0 Å². The zero-order chi connectivity index (χ0) is 23.2. The number of carbonyl (C=O) groups is 1. The molecule has 1 aliphatic rings. The minimum atomic E-state index is -0.133. The minimum absolute atomic E-state index is 0.0570. The number of para-hydroxylation sites is 2. The van der Waals surface area contributed by atoms with Crippen molar-refractivity contribution in [2.45, 2.75) is 65.3 Å². The van der Waals surface area contributed by atoms with E-state index in [-0.39, 0.29) is 18.6 Å². The highest BCUT2D eigenvalue weighted by molar-refractivity contribution is 5.78. The molecular weight excluding hydrogens is 412 g/mol. The van der Waals surface area contributed by atoms with Gasteiger partial charge in [-0.05, 0) is 55.0 Å². The molecule has 1 aromatic heterocycles. The quantitative estimate of drug-likeness (QED) is 0.521. The Morgan fingerprint density at radius 1 is 1.15 bits per heavy atom. The molecule has 0 aliphatic carbocycles. The second-order valence-electron chi connectivity index (χ2n) is 9.63. The summed E-state index contributed by atoms with van der Waals surface area (Å²) in [6.45, 7) is 7.76. The van der Waals surface area contributed by atoms with Crippen LogP contribution in [0.25, 0.3) is 11.0 Å². The first-order valence-corrected chi connectivity index (χ1v) is 12.2. The summed E-state index contributed by atoms with van der Waals surface area (Å²) in [6.07, 6.45) is 3.61. The topological polar surface area (TPSA) is 70.4 Å². The van der Waals surface area contributed by atoms with E-state index < -0.39 is 0 Å². The van der Waals surface area contributed by atoms with E-state index in [1.165, 1.54) is 11.1 Å². The largest absolute Gasteiger partial charge is 0.388 e. The first-order valence-electron chi connectivity index (χ1n) is 12.2. The molecule has 0 unspecified atom stereocenters. The normalized spacial score (nSPS) is 17.0. The molecule has 6 nitrogen and oxygen atoms in total. The average molecular weight is 449 g/mol. The second-order valence-corrected chi connectivity index (χ2v) is 9.63. The number of carbonyl (C=O) groups excluding carboxylic acids is 1. The third kappa shape index (κ3) is 6.21. The van der Waals surface area contributed by atoms with Crippen LogP contribution in [0.1, 0.15) is 50.1 Å². The SMILES string of the molecule is CC(C)Cc1ccc(CN2CCC[C@@H](NC(=O)CCn3c(CO)nc4ccccc43)C2)cc1. The molecule has 4 rings (SSSR count). The van der Waals surface area contributed by atoms with Crippen LogP contribution < -0.4 is 5.32 Å². The van der Waals surface area contributed by atoms with Crippen LogP contribution in [0, 0.1) is 5.92 Å². The standard InChI is InChI=1S/C27H36N4O2/c1-20(2)16-21-9-11-22(12-10-21)17-30-14-5-6-23(18-30)28-27(33)13-15-31-25-8-4-3-7-24(25)29-26(31)19-32/h3-4,7-12,20,23,32H,5-6,13-19H2,1-2H3,(H,28,33)/t23-/m1/s1. The Bertz CT molecular complexity index is 1060. The highest BCUT2D eigenvalue weighted by atomic mass is 16.3. The minimum Gasteiger partial charge on any atom is -0.388 e. The van der Waals surface area contributed by atoms with Crippen molar-refractivity contribution in [3.8, 4) is 0 Å². The summed E-state index contributed by atoms with van der Waals surface area (Å²) in [5.41, 5.74) is 4.53. The maximum atomic E-state index is 12.7. The molecule has 1 amide bonds. The molecule has 0 radical (unpaired) electrons. The Balaban J connectivity index is 1.28. The third-order valence-electron chi connectivity index (χ3n) is 6.38.